The summed E-state index contributed by atoms with van der Waals surface area (Å²) in [5.41, 5.74) is 2.22. The molecule has 1 aliphatic heterocycles. The topological polar surface area (TPSA) is 63.2 Å². The Morgan fingerprint density at radius 3 is 2.35 bits per heavy atom. The molecule has 88 valence electrons. The summed E-state index contributed by atoms with van der Waals surface area (Å²) in [5.74, 6) is 0. The van der Waals surface area contributed by atoms with Gasteiger partial charge in [0.1, 0.15) is 12.1 Å². The van der Waals surface area contributed by atoms with E-state index in [1.807, 2.05) is 12.1 Å². The van der Waals surface area contributed by atoms with Crippen molar-refractivity contribution in [3.05, 3.63) is 11.4 Å². The zero-order chi connectivity index (χ0) is 12.1. The molecule has 0 radical (unpaired) electrons. The smallest absolute Gasteiger partial charge is 0.218 e. The first-order valence-corrected chi connectivity index (χ1v) is 6.21. The lowest BCUT2D eigenvalue weighted by Gasteiger charge is -2.30. The van der Waals surface area contributed by atoms with Gasteiger partial charge in [-0.1, -0.05) is 0 Å². The predicted octanol–water partition coefficient (Wildman–Crippen LogP) is 2.36. The third-order valence-electron chi connectivity index (χ3n) is 3.36. The Hall–Kier alpha value is -1.81. The molecule has 2 aliphatic rings. The second-order valence-electron chi connectivity index (χ2n) is 4.48. The molecule has 0 amide bonds. The van der Waals surface area contributed by atoms with Gasteiger partial charge in [-0.25, -0.2) is 4.99 Å². The maximum atomic E-state index is 8.74. The first kappa shape index (κ1) is 11.7. The zero-order valence-electron chi connectivity index (χ0n) is 9.95. The van der Waals surface area contributed by atoms with Crippen LogP contribution in [0.2, 0.25) is 0 Å². The van der Waals surface area contributed by atoms with E-state index in [4.69, 9.17) is 10.5 Å². The summed E-state index contributed by atoms with van der Waals surface area (Å²) in [6.07, 6.45) is 6.83. The van der Waals surface area contributed by atoms with Crippen LogP contribution >= 0.6 is 0 Å². The Balaban J connectivity index is 2.21. The van der Waals surface area contributed by atoms with Gasteiger partial charge in [-0.3, -0.25) is 0 Å². The zero-order valence-corrected chi connectivity index (χ0v) is 9.95. The summed E-state index contributed by atoms with van der Waals surface area (Å²) in [6, 6.07) is 3.68. The van der Waals surface area contributed by atoms with Gasteiger partial charge >= 0.3 is 0 Å². The Kier molecular flexibility index (Phi) is 3.77. The van der Waals surface area contributed by atoms with E-state index >= 15 is 0 Å². The van der Waals surface area contributed by atoms with Crippen molar-refractivity contribution in [3.8, 4) is 12.1 Å². The molecular formula is C13H16N4. The molecule has 4 nitrogen and oxygen atoms in total. The molecule has 0 spiro atoms. The average Bonchev–Trinajstić information content (AvgIpc) is 2.85. The van der Waals surface area contributed by atoms with Gasteiger partial charge in [0, 0.05) is 18.8 Å². The van der Waals surface area contributed by atoms with E-state index in [0.717, 1.165) is 38.0 Å². The molecule has 1 heterocycles. The van der Waals surface area contributed by atoms with Crippen LogP contribution in [0.25, 0.3) is 0 Å². The van der Waals surface area contributed by atoms with E-state index in [2.05, 4.69) is 9.89 Å². The highest BCUT2D eigenvalue weighted by Crippen LogP contribution is 2.31. The van der Waals surface area contributed by atoms with Gasteiger partial charge in [-0.05, 0) is 38.5 Å². The highest BCUT2D eigenvalue weighted by Gasteiger charge is 2.21. The summed E-state index contributed by atoms with van der Waals surface area (Å²) in [4.78, 5) is 6.59. The van der Waals surface area contributed by atoms with Crippen LogP contribution in [0.5, 0.6) is 0 Å². The summed E-state index contributed by atoms with van der Waals surface area (Å²) in [7, 11) is 0. The Morgan fingerprint density at radius 2 is 1.71 bits per heavy atom. The van der Waals surface area contributed by atoms with Crippen molar-refractivity contribution < 1.29 is 0 Å². The van der Waals surface area contributed by atoms with E-state index in [9.17, 15) is 0 Å². The van der Waals surface area contributed by atoms with E-state index in [-0.39, 0.29) is 5.71 Å². The molecule has 0 saturated carbocycles. The molecule has 0 aromatic heterocycles. The van der Waals surface area contributed by atoms with Crippen molar-refractivity contribution in [1.82, 2.24) is 4.90 Å². The molecule has 0 bridgehead atoms. The summed E-state index contributed by atoms with van der Waals surface area (Å²) >= 11 is 0. The van der Waals surface area contributed by atoms with Gasteiger partial charge in [0.05, 0.1) is 5.70 Å². The van der Waals surface area contributed by atoms with E-state index in [1.54, 1.807) is 0 Å². The third kappa shape index (κ3) is 2.65. The quantitative estimate of drug-likeness (QED) is 0.681. The SMILES string of the molecule is N#CC(C#N)=NC1=C(N2CCCCC2)CCC1. The first-order valence-electron chi connectivity index (χ1n) is 6.21. The number of rotatable bonds is 2. The molecule has 1 fully saturated rings. The van der Waals surface area contributed by atoms with Crippen molar-refractivity contribution in [1.29, 1.82) is 10.5 Å². The summed E-state index contributed by atoms with van der Waals surface area (Å²) in [5, 5.41) is 17.5. The predicted molar refractivity (Wildman–Crippen MR) is 65.0 cm³/mol. The minimum atomic E-state index is -0.0172. The molecular weight excluding hydrogens is 212 g/mol. The minimum Gasteiger partial charge on any atom is -0.373 e. The fourth-order valence-electron chi connectivity index (χ4n) is 2.55. The molecule has 0 aromatic carbocycles. The van der Waals surface area contributed by atoms with Crippen molar-refractivity contribution in [2.24, 2.45) is 4.99 Å². The monoisotopic (exact) mass is 228 g/mol. The van der Waals surface area contributed by atoms with Gasteiger partial charge in [0.2, 0.25) is 5.71 Å². The van der Waals surface area contributed by atoms with E-state index < -0.39 is 0 Å². The molecule has 0 aromatic rings. The molecule has 4 heteroatoms. The van der Waals surface area contributed by atoms with Crippen LogP contribution in [-0.2, 0) is 0 Å². The second-order valence-corrected chi connectivity index (χ2v) is 4.48. The molecule has 17 heavy (non-hydrogen) atoms. The molecule has 0 unspecified atom stereocenters. The highest BCUT2D eigenvalue weighted by molar-refractivity contribution is 6.10. The lowest BCUT2D eigenvalue weighted by atomic mass is 10.1. The fraction of sp³-hybridized carbons (Fsp3) is 0.615. The van der Waals surface area contributed by atoms with Gasteiger partial charge in [0.25, 0.3) is 0 Å². The fourth-order valence-corrected chi connectivity index (χ4v) is 2.55. The molecule has 2 rings (SSSR count). The van der Waals surface area contributed by atoms with Crippen LogP contribution in [0, 0.1) is 22.7 Å². The largest absolute Gasteiger partial charge is 0.373 e. The molecule has 0 atom stereocenters. The number of allylic oxidation sites excluding steroid dienone is 2. The number of likely N-dealkylation sites (tertiary alicyclic amines) is 1. The van der Waals surface area contributed by atoms with Crippen molar-refractivity contribution in [2.45, 2.75) is 38.5 Å². The molecule has 1 aliphatic carbocycles. The average molecular weight is 228 g/mol. The van der Waals surface area contributed by atoms with Crippen LogP contribution in [0.15, 0.2) is 16.4 Å². The standard InChI is InChI=1S/C13H16N4/c14-9-11(10-15)16-12-5-4-6-13(12)17-7-2-1-3-8-17/h1-8H2. The minimum absolute atomic E-state index is 0.0172. The number of hydrogen-bond acceptors (Lipinski definition) is 4. The van der Waals surface area contributed by atoms with Crippen LogP contribution in [0.4, 0.5) is 0 Å². The number of nitrogens with zero attached hydrogens (tertiary/aromatic N) is 4. The van der Waals surface area contributed by atoms with Crippen LogP contribution in [0.3, 0.4) is 0 Å². The summed E-state index contributed by atoms with van der Waals surface area (Å²) < 4.78 is 0. The van der Waals surface area contributed by atoms with Crippen molar-refractivity contribution >= 4 is 5.71 Å². The lowest BCUT2D eigenvalue weighted by Crippen LogP contribution is -2.29. The summed E-state index contributed by atoms with van der Waals surface area (Å²) in [6.45, 7) is 2.20. The Morgan fingerprint density at radius 1 is 1.00 bits per heavy atom. The first-order chi connectivity index (χ1) is 8.35. The van der Waals surface area contributed by atoms with Crippen molar-refractivity contribution in [3.63, 3.8) is 0 Å². The van der Waals surface area contributed by atoms with Crippen LogP contribution in [0.1, 0.15) is 38.5 Å². The Labute approximate surface area is 102 Å². The highest BCUT2D eigenvalue weighted by atomic mass is 15.2. The van der Waals surface area contributed by atoms with Crippen LogP contribution < -0.4 is 0 Å². The number of nitriles is 2. The number of piperidine rings is 1. The number of hydrogen-bond donors (Lipinski definition) is 0. The maximum Gasteiger partial charge on any atom is 0.218 e. The van der Waals surface area contributed by atoms with Gasteiger partial charge in [0.15, 0.2) is 0 Å². The Bertz CT molecular complexity index is 411. The lowest BCUT2D eigenvalue weighted by molar-refractivity contribution is 0.278. The normalized spacial score (nSPS) is 19.8. The van der Waals surface area contributed by atoms with Gasteiger partial charge in [-0.15, -0.1) is 0 Å². The van der Waals surface area contributed by atoms with E-state index in [1.165, 1.54) is 25.0 Å². The van der Waals surface area contributed by atoms with Gasteiger partial charge in [-0.2, -0.15) is 10.5 Å². The maximum absolute atomic E-state index is 8.74. The molecule has 0 N–H and O–H groups in total. The number of aliphatic imine (C=N–C) groups is 1. The van der Waals surface area contributed by atoms with Crippen LogP contribution in [-0.4, -0.2) is 23.7 Å². The third-order valence-corrected chi connectivity index (χ3v) is 3.36. The van der Waals surface area contributed by atoms with E-state index in [0.29, 0.717) is 0 Å². The van der Waals surface area contributed by atoms with Gasteiger partial charge < -0.3 is 4.90 Å². The molecule has 1 saturated heterocycles. The second kappa shape index (κ2) is 5.50. The van der Waals surface area contributed by atoms with Crippen molar-refractivity contribution in [2.75, 3.05) is 13.1 Å².